The van der Waals surface area contributed by atoms with Gasteiger partial charge >= 0.3 is 0 Å². The van der Waals surface area contributed by atoms with Crippen LogP contribution in [-0.4, -0.2) is 71.7 Å². The molecule has 0 aromatic carbocycles. The standard InChI is InChI=1S/C24H35N7OS2/c1-5-18(29(3)4)21-27-28-24(31(21)11-10-30-12-14-32-15-13-30)34-23-20-17-8-6-7-9-19(17)33-22(20)25-16(2)26-23/h18H,5-15H2,1-4H3/p+2/t18-/m0/s1. The maximum absolute atomic E-state index is 5.57. The van der Waals surface area contributed by atoms with Crippen molar-refractivity contribution in [3.63, 3.8) is 0 Å². The average Bonchev–Trinajstić information content (AvgIpc) is 3.39. The highest BCUT2D eigenvalue weighted by Crippen LogP contribution is 2.41. The number of aryl methyl sites for hydroxylation is 3. The van der Waals surface area contributed by atoms with E-state index in [4.69, 9.17) is 24.9 Å². The minimum atomic E-state index is 0.322. The Morgan fingerprint density at radius 3 is 2.71 bits per heavy atom. The van der Waals surface area contributed by atoms with E-state index in [1.807, 2.05) is 18.3 Å². The molecule has 8 nitrogen and oxygen atoms in total. The molecule has 1 atom stereocenters. The van der Waals surface area contributed by atoms with E-state index in [0.717, 1.165) is 78.9 Å². The minimum absolute atomic E-state index is 0.322. The number of ether oxygens (including phenoxy) is 1. The second-order valence-electron chi connectivity index (χ2n) is 9.71. The molecule has 1 fully saturated rings. The van der Waals surface area contributed by atoms with Crippen molar-refractivity contribution in [2.75, 3.05) is 46.9 Å². The van der Waals surface area contributed by atoms with Gasteiger partial charge in [0.1, 0.15) is 34.8 Å². The number of quaternary nitrogens is 2. The molecular weight excluding hydrogens is 466 g/mol. The van der Waals surface area contributed by atoms with Gasteiger partial charge in [0, 0.05) is 16.7 Å². The fourth-order valence-corrected chi connectivity index (χ4v) is 7.68. The summed E-state index contributed by atoms with van der Waals surface area (Å²) in [6.07, 6.45) is 5.87. The summed E-state index contributed by atoms with van der Waals surface area (Å²) >= 11 is 3.55. The molecule has 2 N–H and O–H groups in total. The Bertz CT molecular complexity index is 1140. The molecule has 0 radical (unpaired) electrons. The molecule has 3 aromatic rings. The van der Waals surface area contributed by atoms with Crippen LogP contribution in [0, 0.1) is 6.92 Å². The quantitative estimate of drug-likeness (QED) is 0.449. The minimum Gasteiger partial charge on any atom is -0.370 e. The highest BCUT2D eigenvalue weighted by atomic mass is 32.2. The molecule has 5 rings (SSSR count). The van der Waals surface area contributed by atoms with Crippen molar-refractivity contribution in [1.29, 1.82) is 0 Å². The van der Waals surface area contributed by atoms with E-state index in [0.29, 0.717) is 6.04 Å². The highest BCUT2D eigenvalue weighted by Gasteiger charge is 2.28. The number of thiophene rings is 1. The van der Waals surface area contributed by atoms with Crippen LogP contribution in [0.25, 0.3) is 10.2 Å². The fourth-order valence-electron chi connectivity index (χ4n) is 5.26. The first kappa shape index (κ1) is 24.1. The smallest absolute Gasteiger partial charge is 0.197 e. The number of hydrogen-bond acceptors (Lipinski definition) is 7. The van der Waals surface area contributed by atoms with Crippen LogP contribution >= 0.6 is 23.1 Å². The number of rotatable bonds is 8. The third-order valence-corrected chi connectivity index (χ3v) is 9.29. The number of nitrogens with one attached hydrogen (secondary N) is 2. The Labute approximate surface area is 210 Å². The molecule has 0 spiro atoms. The maximum Gasteiger partial charge on any atom is 0.197 e. The first-order chi connectivity index (χ1) is 16.5. The van der Waals surface area contributed by atoms with Crippen LogP contribution in [0.15, 0.2) is 10.2 Å². The topological polar surface area (TPSA) is 74.6 Å². The summed E-state index contributed by atoms with van der Waals surface area (Å²) in [6, 6.07) is 0.322. The number of nitrogens with zero attached hydrogens (tertiary/aromatic N) is 5. The molecule has 2 aliphatic rings. The van der Waals surface area contributed by atoms with Gasteiger partial charge in [-0.3, -0.25) is 4.57 Å². The highest BCUT2D eigenvalue weighted by molar-refractivity contribution is 7.99. The summed E-state index contributed by atoms with van der Waals surface area (Å²) in [7, 11) is 4.42. The normalized spacial score (nSPS) is 18.0. The van der Waals surface area contributed by atoms with Crippen LogP contribution in [0.2, 0.25) is 0 Å². The number of hydrogen-bond donors (Lipinski definition) is 2. The average molecular weight is 504 g/mol. The molecule has 0 bridgehead atoms. The van der Waals surface area contributed by atoms with Crippen molar-refractivity contribution >= 4 is 33.3 Å². The Balaban J connectivity index is 1.51. The Kier molecular flexibility index (Phi) is 7.50. The molecule has 0 amide bonds. The van der Waals surface area contributed by atoms with Gasteiger partial charge in [0.2, 0.25) is 0 Å². The lowest BCUT2D eigenvalue weighted by molar-refractivity contribution is -0.908. The molecule has 0 saturated carbocycles. The molecule has 4 heterocycles. The van der Waals surface area contributed by atoms with E-state index >= 15 is 0 Å². The van der Waals surface area contributed by atoms with Crippen molar-refractivity contribution in [2.24, 2.45) is 0 Å². The van der Waals surface area contributed by atoms with Gasteiger partial charge in [-0.15, -0.1) is 21.5 Å². The van der Waals surface area contributed by atoms with Crippen LogP contribution in [0.1, 0.15) is 54.3 Å². The van der Waals surface area contributed by atoms with Crippen molar-refractivity contribution in [2.45, 2.75) is 68.7 Å². The van der Waals surface area contributed by atoms with Gasteiger partial charge in [0.15, 0.2) is 11.0 Å². The summed E-state index contributed by atoms with van der Waals surface area (Å²) in [5.74, 6) is 1.92. The second kappa shape index (κ2) is 10.6. The van der Waals surface area contributed by atoms with Gasteiger partial charge in [-0.25, -0.2) is 9.97 Å². The first-order valence-electron chi connectivity index (χ1n) is 12.7. The molecule has 1 aliphatic carbocycles. The largest absolute Gasteiger partial charge is 0.370 e. The fraction of sp³-hybridized carbons (Fsp3) is 0.667. The maximum atomic E-state index is 5.57. The number of aromatic nitrogens is 5. The van der Waals surface area contributed by atoms with Crippen molar-refractivity contribution in [3.8, 4) is 0 Å². The molecule has 184 valence electrons. The van der Waals surface area contributed by atoms with E-state index < -0.39 is 0 Å². The zero-order chi connectivity index (χ0) is 23.7. The van der Waals surface area contributed by atoms with Gasteiger partial charge in [-0.1, -0.05) is 6.92 Å². The Morgan fingerprint density at radius 2 is 1.94 bits per heavy atom. The van der Waals surface area contributed by atoms with Gasteiger partial charge < -0.3 is 14.5 Å². The van der Waals surface area contributed by atoms with Crippen molar-refractivity contribution < 1.29 is 14.5 Å². The van der Waals surface area contributed by atoms with Crippen molar-refractivity contribution in [1.82, 2.24) is 24.7 Å². The third-order valence-electron chi connectivity index (χ3n) is 7.13. The van der Waals surface area contributed by atoms with Crippen LogP contribution < -0.4 is 9.80 Å². The summed E-state index contributed by atoms with van der Waals surface area (Å²) in [4.78, 5) is 15.4. The van der Waals surface area contributed by atoms with Crippen LogP contribution in [-0.2, 0) is 24.1 Å². The van der Waals surface area contributed by atoms with E-state index in [2.05, 4.69) is 25.6 Å². The van der Waals surface area contributed by atoms with Crippen LogP contribution in [0.5, 0.6) is 0 Å². The Hall–Kier alpha value is -1.59. The monoisotopic (exact) mass is 503 g/mol. The van der Waals surface area contributed by atoms with Gasteiger partial charge in [0.05, 0.1) is 40.4 Å². The van der Waals surface area contributed by atoms with Crippen LogP contribution in [0.3, 0.4) is 0 Å². The second-order valence-corrected chi connectivity index (χ2v) is 11.8. The predicted octanol–water partition coefficient (Wildman–Crippen LogP) is 1.13. The molecule has 3 aromatic heterocycles. The van der Waals surface area contributed by atoms with Crippen LogP contribution in [0.4, 0.5) is 0 Å². The van der Waals surface area contributed by atoms with Gasteiger partial charge in [0.25, 0.3) is 0 Å². The Morgan fingerprint density at radius 1 is 1.15 bits per heavy atom. The lowest BCUT2D eigenvalue weighted by Crippen LogP contribution is -3.14. The van der Waals surface area contributed by atoms with E-state index in [9.17, 15) is 0 Å². The number of fused-ring (bicyclic) bond motifs is 3. The van der Waals surface area contributed by atoms with E-state index in [-0.39, 0.29) is 0 Å². The van der Waals surface area contributed by atoms with Gasteiger partial charge in [-0.2, -0.15) is 0 Å². The zero-order valence-corrected chi connectivity index (χ0v) is 22.4. The summed E-state index contributed by atoms with van der Waals surface area (Å²) in [5, 5.41) is 12.7. The zero-order valence-electron chi connectivity index (χ0n) is 20.8. The lowest BCUT2D eigenvalue weighted by atomic mass is 9.97. The van der Waals surface area contributed by atoms with E-state index in [1.54, 1.807) is 16.7 Å². The van der Waals surface area contributed by atoms with E-state index in [1.165, 1.54) is 40.0 Å². The third kappa shape index (κ3) is 4.88. The first-order valence-corrected chi connectivity index (χ1v) is 14.3. The molecular formula is C24H37N7OS2+2. The van der Waals surface area contributed by atoms with Gasteiger partial charge in [-0.05, 0) is 49.9 Å². The SMILES string of the molecule is CC[C@@H](c1nnc(Sc2nc(C)nc3sc4c(c23)CCCC4)n1CC[NH+]1CCOCC1)[NH+](C)C. The lowest BCUT2D eigenvalue weighted by Gasteiger charge is -2.25. The molecule has 10 heteroatoms. The summed E-state index contributed by atoms with van der Waals surface area (Å²) in [6.45, 7) is 10.1. The summed E-state index contributed by atoms with van der Waals surface area (Å²) in [5.41, 5.74) is 1.47. The molecule has 34 heavy (non-hydrogen) atoms. The molecule has 1 saturated heterocycles. The molecule has 1 aliphatic heterocycles. The number of morpholine rings is 1. The van der Waals surface area contributed by atoms with Crippen molar-refractivity contribution in [3.05, 3.63) is 22.1 Å². The molecule has 0 unspecified atom stereocenters. The predicted molar refractivity (Wildman–Crippen MR) is 135 cm³/mol. The summed E-state index contributed by atoms with van der Waals surface area (Å²) < 4.78 is 7.94.